The number of hydrogen-bond acceptors (Lipinski definition) is 5. The Balaban J connectivity index is 1.52. The van der Waals surface area contributed by atoms with Gasteiger partial charge in [0.25, 0.3) is 5.91 Å². The molecule has 0 bridgehead atoms. The van der Waals surface area contributed by atoms with Gasteiger partial charge in [0, 0.05) is 31.6 Å². The van der Waals surface area contributed by atoms with Crippen molar-refractivity contribution in [2.24, 2.45) is 5.92 Å². The van der Waals surface area contributed by atoms with Crippen LogP contribution in [0.25, 0.3) is 5.69 Å². The number of aromatic nitrogens is 4. The summed E-state index contributed by atoms with van der Waals surface area (Å²) in [5.74, 6) is 0.488. The molecule has 1 aliphatic rings. The third kappa shape index (κ3) is 4.25. The minimum absolute atomic E-state index is 0.113. The van der Waals surface area contributed by atoms with Crippen LogP contribution in [0.2, 0.25) is 0 Å². The Labute approximate surface area is 152 Å². The number of aryl methyl sites for hydroxylation is 1. The number of nitrogens with zero attached hydrogens (tertiary/aromatic N) is 5. The molecule has 1 fully saturated rings. The van der Waals surface area contributed by atoms with E-state index in [0.717, 1.165) is 30.8 Å². The van der Waals surface area contributed by atoms with Crippen molar-refractivity contribution < 1.29 is 9.59 Å². The maximum absolute atomic E-state index is 12.3. The maximum atomic E-state index is 12.3. The van der Waals surface area contributed by atoms with E-state index in [-0.39, 0.29) is 11.8 Å². The molecule has 1 aromatic heterocycles. The third-order valence-corrected chi connectivity index (χ3v) is 4.69. The van der Waals surface area contributed by atoms with Crippen LogP contribution in [0.1, 0.15) is 42.1 Å². The van der Waals surface area contributed by atoms with Gasteiger partial charge in [0.05, 0.1) is 5.69 Å². The second kappa shape index (κ2) is 8.07. The van der Waals surface area contributed by atoms with Gasteiger partial charge in [-0.15, -0.1) is 5.10 Å². The van der Waals surface area contributed by atoms with Gasteiger partial charge in [0.2, 0.25) is 5.91 Å². The lowest BCUT2D eigenvalue weighted by Gasteiger charge is -2.31. The molecule has 2 amide bonds. The Morgan fingerprint density at radius 1 is 1.35 bits per heavy atom. The molecule has 0 aliphatic carbocycles. The van der Waals surface area contributed by atoms with Gasteiger partial charge in [-0.05, 0) is 59.9 Å². The number of carbonyl (C=O) groups is 2. The summed E-state index contributed by atoms with van der Waals surface area (Å²) in [5, 5.41) is 13.9. The van der Waals surface area contributed by atoms with Gasteiger partial charge in [0.1, 0.15) is 6.33 Å². The quantitative estimate of drug-likeness (QED) is 0.873. The topological polar surface area (TPSA) is 93.0 Å². The lowest BCUT2D eigenvalue weighted by molar-refractivity contribution is -0.132. The molecule has 1 unspecified atom stereocenters. The number of likely N-dealkylation sites (tertiary alicyclic amines) is 1. The van der Waals surface area contributed by atoms with Gasteiger partial charge >= 0.3 is 0 Å². The Morgan fingerprint density at radius 3 is 2.88 bits per heavy atom. The Morgan fingerprint density at radius 2 is 2.19 bits per heavy atom. The van der Waals surface area contributed by atoms with Crippen molar-refractivity contribution >= 4 is 11.8 Å². The van der Waals surface area contributed by atoms with Gasteiger partial charge in [-0.3, -0.25) is 9.59 Å². The normalized spacial score (nSPS) is 17.2. The van der Waals surface area contributed by atoms with Gasteiger partial charge in [-0.2, -0.15) is 0 Å². The number of carbonyl (C=O) groups excluding carboxylic acids is 2. The summed E-state index contributed by atoms with van der Waals surface area (Å²) in [6.45, 7) is 6.06. The number of amides is 2. The minimum atomic E-state index is -0.184. The summed E-state index contributed by atoms with van der Waals surface area (Å²) in [4.78, 5) is 26.5. The first-order valence-electron chi connectivity index (χ1n) is 8.94. The smallest absolute Gasteiger partial charge is 0.251 e. The average Bonchev–Trinajstić information content (AvgIpc) is 3.15. The van der Waals surface area contributed by atoms with Crippen molar-refractivity contribution in [2.75, 3.05) is 19.6 Å². The molecule has 1 saturated heterocycles. The molecule has 1 aliphatic heterocycles. The molecule has 0 saturated carbocycles. The van der Waals surface area contributed by atoms with Crippen molar-refractivity contribution in [1.29, 1.82) is 0 Å². The predicted octanol–water partition coefficient (Wildman–Crippen LogP) is 1.35. The molecule has 8 heteroatoms. The van der Waals surface area contributed by atoms with Crippen LogP contribution in [0.5, 0.6) is 0 Å². The molecule has 1 atom stereocenters. The Kier molecular flexibility index (Phi) is 5.60. The fourth-order valence-corrected chi connectivity index (χ4v) is 3.28. The molecular formula is C18H24N6O2. The van der Waals surface area contributed by atoms with E-state index in [4.69, 9.17) is 0 Å². The van der Waals surface area contributed by atoms with E-state index in [2.05, 4.69) is 27.8 Å². The van der Waals surface area contributed by atoms with Crippen LogP contribution in [0.3, 0.4) is 0 Å². The lowest BCUT2D eigenvalue weighted by atomic mass is 10.00. The van der Waals surface area contributed by atoms with Gasteiger partial charge in [0.15, 0.2) is 0 Å². The molecule has 2 aromatic rings. The van der Waals surface area contributed by atoms with E-state index >= 15 is 0 Å². The largest absolute Gasteiger partial charge is 0.352 e. The highest BCUT2D eigenvalue weighted by Crippen LogP contribution is 2.16. The summed E-state index contributed by atoms with van der Waals surface area (Å²) in [7, 11) is 0. The average molecular weight is 356 g/mol. The van der Waals surface area contributed by atoms with Crippen LogP contribution < -0.4 is 5.32 Å². The summed E-state index contributed by atoms with van der Waals surface area (Å²) in [5.41, 5.74) is 2.27. The monoisotopic (exact) mass is 356 g/mol. The highest BCUT2D eigenvalue weighted by atomic mass is 16.2. The number of benzene rings is 1. The Bertz CT molecular complexity index is 774. The van der Waals surface area contributed by atoms with E-state index in [0.29, 0.717) is 24.4 Å². The minimum Gasteiger partial charge on any atom is -0.352 e. The zero-order valence-electron chi connectivity index (χ0n) is 15.2. The molecular weight excluding hydrogens is 332 g/mol. The number of rotatable bonds is 5. The van der Waals surface area contributed by atoms with Gasteiger partial charge < -0.3 is 10.2 Å². The first-order valence-corrected chi connectivity index (χ1v) is 8.94. The van der Waals surface area contributed by atoms with Crippen molar-refractivity contribution in [1.82, 2.24) is 30.4 Å². The van der Waals surface area contributed by atoms with Crippen LogP contribution >= 0.6 is 0 Å². The SMILES string of the molecule is Cc1cc(C(=O)NCCC(=O)N2CCCC(C)C2)ccc1-n1cnnn1. The first kappa shape index (κ1) is 18.0. The number of tetrazole rings is 1. The molecule has 8 nitrogen and oxygen atoms in total. The van der Waals surface area contributed by atoms with Gasteiger partial charge in [-0.1, -0.05) is 6.92 Å². The number of piperidine rings is 1. The first-order chi connectivity index (χ1) is 12.5. The van der Waals surface area contributed by atoms with E-state index in [1.807, 2.05) is 11.8 Å². The number of nitrogens with one attached hydrogen (secondary N) is 1. The maximum Gasteiger partial charge on any atom is 0.251 e. The Hall–Kier alpha value is -2.77. The van der Waals surface area contributed by atoms with E-state index in [1.54, 1.807) is 22.9 Å². The predicted molar refractivity (Wildman–Crippen MR) is 95.8 cm³/mol. The van der Waals surface area contributed by atoms with Crippen molar-refractivity contribution in [3.05, 3.63) is 35.7 Å². The highest BCUT2D eigenvalue weighted by molar-refractivity contribution is 5.94. The van der Waals surface area contributed by atoms with Crippen LogP contribution in [0.15, 0.2) is 24.5 Å². The van der Waals surface area contributed by atoms with Crippen LogP contribution in [-0.2, 0) is 4.79 Å². The van der Waals surface area contributed by atoms with E-state index < -0.39 is 0 Å². The summed E-state index contributed by atoms with van der Waals surface area (Å²) in [6.07, 6.45) is 4.09. The fraction of sp³-hybridized carbons (Fsp3) is 0.500. The van der Waals surface area contributed by atoms with Crippen LogP contribution in [0.4, 0.5) is 0 Å². The standard InChI is InChI=1S/C18H24N6O2/c1-13-4-3-9-23(11-13)17(25)7-8-19-18(26)15-5-6-16(14(2)10-15)24-12-20-21-22-24/h5-6,10,12-13H,3-4,7-9,11H2,1-2H3,(H,19,26). The zero-order valence-corrected chi connectivity index (χ0v) is 15.2. The second-order valence-electron chi connectivity index (χ2n) is 6.85. The van der Waals surface area contributed by atoms with Crippen molar-refractivity contribution in [3.8, 4) is 5.69 Å². The van der Waals surface area contributed by atoms with E-state index in [1.165, 1.54) is 12.7 Å². The molecule has 0 radical (unpaired) electrons. The summed E-state index contributed by atoms with van der Waals surface area (Å²) < 4.78 is 1.55. The van der Waals surface area contributed by atoms with Crippen LogP contribution in [-0.4, -0.2) is 56.6 Å². The molecule has 0 spiro atoms. The summed E-state index contributed by atoms with van der Waals surface area (Å²) in [6, 6.07) is 5.33. The molecule has 2 heterocycles. The summed E-state index contributed by atoms with van der Waals surface area (Å²) >= 11 is 0. The second-order valence-corrected chi connectivity index (χ2v) is 6.85. The molecule has 138 valence electrons. The molecule has 3 rings (SSSR count). The number of hydrogen-bond donors (Lipinski definition) is 1. The fourth-order valence-electron chi connectivity index (χ4n) is 3.28. The lowest BCUT2D eigenvalue weighted by Crippen LogP contribution is -2.40. The molecule has 26 heavy (non-hydrogen) atoms. The van der Waals surface area contributed by atoms with Crippen molar-refractivity contribution in [3.63, 3.8) is 0 Å². The highest BCUT2D eigenvalue weighted by Gasteiger charge is 2.20. The van der Waals surface area contributed by atoms with E-state index in [9.17, 15) is 9.59 Å². The zero-order chi connectivity index (χ0) is 18.5. The van der Waals surface area contributed by atoms with Gasteiger partial charge in [-0.25, -0.2) is 4.68 Å². The molecule has 1 N–H and O–H groups in total. The molecule has 1 aromatic carbocycles. The third-order valence-electron chi connectivity index (χ3n) is 4.69. The van der Waals surface area contributed by atoms with Crippen molar-refractivity contribution in [2.45, 2.75) is 33.1 Å². The van der Waals surface area contributed by atoms with Crippen LogP contribution in [0, 0.1) is 12.8 Å².